The van der Waals surface area contributed by atoms with Gasteiger partial charge in [-0.15, -0.1) is 11.3 Å². The largest absolute Gasteiger partial charge is 0.481 e. The number of aliphatic carboxylic acids is 1. The normalized spacial score (nSPS) is 21.1. The number of carboxylic acids is 1. The summed E-state index contributed by atoms with van der Waals surface area (Å²) in [5.41, 5.74) is 0.672. The van der Waals surface area contributed by atoms with Crippen LogP contribution in [0.2, 0.25) is 0 Å². The molecule has 2 rings (SSSR count). The molecular weight excluding hydrogens is 224 g/mol. The highest BCUT2D eigenvalue weighted by Gasteiger charge is 2.19. The zero-order chi connectivity index (χ0) is 11.5. The Hall–Kier alpha value is -1.10. The first-order valence-corrected chi connectivity index (χ1v) is 6.44. The minimum Gasteiger partial charge on any atom is -0.481 e. The first-order chi connectivity index (χ1) is 7.65. The lowest BCUT2D eigenvalue weighted by Crippen LogP contribution is -2.34. The van der Waals surface area contributed by atoms with E-state index in [1.54, 1.807) is 11.3 Å². The molecule has 0 spiro atoms. The summed E-state index contributed by atoms with van der Waals surface area (Å²) in [7, 11) is 0. The van der Waals surface area contributed by atoms with Gasteiger partial charge in [0.15, 0.2) is 5.13 Å². The smallest absolute Gasteiger partial charge is 0.309 e. The number of nitrogens with zero attached hydrogens (tertiary/aromatic N) is 2. The van der Waals surface area contributed by atoms with Crippen molar-refractivity contribution in [1.29, 1.82) is 0 Å². The third-order valence-electron chi connectivity index (χ3n) is 2.80. The summed E-state index contributed by atoms with van der Waals surface area (Å²) >= 11 is 1.55. The van der Waals surface area contributed by atoms with Crippen molar-refractivity contribution in [2.24, 2.45) is 5.92 Å². The van der Waals surface area contributed by atoms with Crippen LogP contribution in [-0.2, 0) is 11.2 Å². The first-order valence-electron chi connectivity index (χ1n) is 5.56. The van der Waals surface area contributed by atoms with Crippen LogP contribution in [-0.4, -0.2) is 29.1 Å². The van der Waals surface area contributed by atoms with Gasteiger partial charge >= 0.3 is 5.97 Å². The minimum absolute atomic E-state index is 0.0277. The second-order valence-electron chi connectivity index (χ2n) is 4.39. The van der Waals surface area contributed by atoms with Crippen LogP contribution in [0, 0.1) is 5.92 Å². The van der Waals surface area contributed by atoms with E-state index in [9.17, 15) is 4.79 Å². The second-order valence-corrected chi connectivity index (χ2v) is 5.22. The fraction of sp³-hybridized carbons (Fsp3) is 0.636. The first kappa shape index (κ1) is 11.4. The molecular formula is C11H16N2O2S. The molecule has 1 aliphatic rings. The van der Waals surface area contributed by atoms with Gasteiger partial charge in [-0.05, 0) is 18.8 Å². The molecule has 88 valence electrons. The van der Waals surface area contributed by atoms with E-state index in [1.165, 1.54) is 12.8 Å². The van der Waals surface area contributed by atoms with E-state index < -0.39 is 5.97 Å². The lowest BCUT2D eigenvalue weighted by atomic mass is 10.0. The molecule has 0 aromatic carbocycles. The van der Waals surface area contributed by atoms with Crippen molar-refractivity contribution in [3.8, 4) is 0 Å². The lowest BCUT2D eigenvalue weighted by Gasteiger charge is -2.30. The summed E-state index contributed by atoms with van der Waals surface area (Å²) in [6, 6.07) is 0. The van der Waals surface area contributed by atoms with Gasteiger partial charge in [0.2, 0.25) is 0 Å². The zero-order valence-corrected chi connectivity index (χ0v) is 10.2. The summed E-state index contributed by atoms with van der Waals surface area (Å²) in [5, 5.41) is 11.5. The second kappa shape index (κ2) is 4.82. The monoisotopic (exact) mass is 240 g/mol. The van der Waals surface area contributed by atoms with Gasteiger partial charge in [0.1, 0.15) is 0 Å². The van der Waals surface area contributed by atoms with Gasteiger partial charge in [-0.3, -0.25) is 4.79 Å². The van der Waals surface area contributed by atoms with Gasteiger partial charge < -0.3 is 10.0 Å². The van der Waals surface area contributed by atoms with Crippen LogP contribution in [0.25, 0.3) is 0 Å². The van der Waals surface area contributed by atoms with Gasteiger partial charge in [-0.1, -0.05) is 6.92 Å². The van der Waals surface area contributed by atoms with Crippen molar-refractivity contribution in [3.05, 3.63) is 11.1 Å². The van der Waals surface area contributed by atoms with Gasteiger partial charge in [-0.2, -0.15) is 0 Å². The summed E-state index contributed by atoms with van der Waals surface area (Å²) < 4.78 is 0. The van der Waals surface area contributed by atoms with Crippen molar-refractivity contribution in [2.45, 2.75) is 26.2 Å². The highest BCUT2D eigenvalue weighted by atomic mass is 32.1. The number of aromatic nitrogens is 1. The van der Waals surface area contributed by atoms with Crippen LogP contribution in [0.1, 0.15) is 25.5 Å². The Bertz CT molecular complexity index is 378. The summed E-state index contributed by atoms with van der Waals surface area (Å²) in [5.74, 6) is -0.107. The lowest BCUT2D eigenvalue weighted by molar-refractivity contribution is -0.136. The maximum absolute atomic E-state index is 10.6. The number of thiazole rings is 1. The number of carboxylic acid groups (broad SMARTS) is 1. The topological polar surface area (TPSA) is 53.4 Å². The molecule has 2 heterocycles. The van der Waals surface area contributed by atoms with E-state index in [2.05, 4.69) is 16.8 Å². The Balaban J connectivity index is 2.03. The van der Waals surface area contributed by atoms with Crippen molar-refractivity contribution in [1.82, 2.24) is 4.98 Å². The molecule has 1 fully saturated rings. The Kier molecular flexibility index (Phi) is 3.43. The molecule has 5 heteroatoms. The molecule has 0 aliphatic carbocycles. The van der Waals surface area contributed by atoms with Crippen molar-refractivity contribution < 1.29 is 9.90 Å². The highest BCUT2D eigenvalue weighted by molar-refractivity contribution is 7.13. The molecule has 1 atom stereocenters. The van der Waals surface area contributed by atoms with E-state index in [1.807, 2.05) is 5.38 Å². The standard InChI is InChI=1S/C11H16N2O2S/c1-8-3-2-4-13(6-8)11-12-9(7-16-11)5-10(14)15/h7-8H,2-6H2,1H3,(H,14,15). The molecule has 16 heavy (non-hydrogen) atoms. The van der Waals surface area contributed by atoms with Gasteiger partial charge in [0.05, 0.1) is 12.1 Å². The molecule has 0 amide bonds. The number of hydrogen-bond donors (Lipinski definition) is 1. The van der Waals surface area contributed by atoms with E-state index >= 15 is 0 Å². The number of carbonyl (C=O) groups is 1. The molecule has 1 saturated heterocycles. The Morgan fingerprint density at radius 3 is 3.25 bits per heavy atom. The average Bonchev–Trinajstić information content (AvgIpc) is 2.65. The van der Waals surface area contributed by atoms with Crippen LogP contribution in [0.4, 0.5) is 5.13 Å². The van der Waals surface area contributed by atoms with Gasteiger partial charge in [0, 0.05) is 18.5 Å². The quantitative estimate of drug-likeness (QED) is 0.878. The molecule has 1 aromatic rings. The van der Waals surface area contributed by atoms with Crippen LogP contribution < -0.4 is 4.90 Å². The maximum Gasteiger partial charge on any atom is 0.309 e. The molecule has 0 radical (unpaired) electrons. The SMILES string of the molecule is CC1CCCN(c2nc(CC(=O)O)cs2)C1. The van der Waals surface area contributed by atoms with Crippen LogP contribution in [0.5, 0.6) is 0 Å². The van der Waals surface area contributed by atoms with Crippen LogP contribution >= 0.6 is 11.3 Å². The fourth-order valence-corrected chi connectivity index (χ4v) is 2.90. The third kappa shape index (κ3) is 2.72. The van der Waals surface area contributed by atoms with Crippen LogP contribution in [0.15, 0.2) is 5.38 Å². The summed E-state index contributed by atoms with van der Waals surface area (Å²) in [6.45, 7) is 4.34. The highest BCUT2D eigenvalue weighted by Crippen LogP contribution is 2.26. The van der Waals surface area contributed by atoms with Gasteiger partial charge in [0.25, 0.3) is 0 Å². The molecule has 1 N–H and O–H groups in total. The third-order valence-corrected chi connectivity index (χ3v) is 3.75. The van der Waals surface area contributed by atoms with E-state index in [0.29, 0.717) is 11.6 Å². The summed E-state index contributed by atoms with van der Waals surface area (Å²) in [4.78, 5) is 17.2. The van der Waals surface area contributed by atoms with E-state index in [0.717, 1.165) is 18.2 Å². The predicted molar refractivity (Wildman–Crippen MR) is 64.1 cm³/mol. The zero-order valence-electron chi connectivity index (χ0n) is 9.35. The number of rotatable bonds is 3. The summed E-state index contributed by atoms with van der Waals surface area (Å²) in [6.07, 6.45) is 2.51. The minimum atomic E-state index is -0.816. The van der Waals surface area contributed by atoms with E-state index in [4.69, 9.17) is 5.11 Å². The van der Waals surface area contributed by atoms with Gasteiger partial charge in [-0.25, -0.2) is 4.98 Å². The molecule has 0 saturated carbocycles. The Labute approximate surface area is 98.9 Å². The molecule has 1 unspecified atom stereocenters. The maximum atomic E-state index is 10.6. The predicted octanol–water partition coefficient (Wildman–Crippen LogP) is 2.01. The number of hydrogen-bond acceptors (Lipinski definition) is 4. The Morgan fingerprint density at radius 1 is 1.75 bits per heavy atom. The van der Waals surface area contributed by atoms with Crippen molar-refractivity contribution in [2.75, 3.05) is 18.0 Å². The fourth-order valence-electron chi connectivity index (χ4n) is 2.04. The Morgan fingerprint density at radius 2 is 2.56 bits per heavy atom. The van der Waals surface area contributed by atoms with E-state index in [-0.39, 0.29) is 6.42 Å². The van der Waals surface area contributed by atoms with Crippen molar-refractivity contribution in [3.63, 3.8) is 0 Å². The average molecular weight is 240 g/mol. The number of piperidine rings is 1. The van der Waals surface area contributed by atoms with Crippen LogP contribution in [0.3, 0.4) is 0 Å². The molecule has 0 bridgehead atoms. The molecule has 1 aliphatic heterocycles. The molecule has 4 nitrogen and oxygen atoms in total. The van der Waals surface area contributed by atoms with Crippen molar-refractivity contribution >= 4 is 22.4 Å². The molecule has 1 aromatic heterocycles. The number of anilines is 1.